The number of aliphatic hydroxyl groups excluding tert-OH is 1. The van der Waals surface area contributed by atoms with Crippen molar-refractivity contribution in [1.29, 1.82) is 0 Å². The molecule has 2 atom stereocenters. The van der Waals surface area contributed by atoms with Crippen LogP contribution in [0.15, 0.2) is 113 Å². The second-order valence-corrected chi connectivity index (χ2v) is 12.1. The number of nitrogens with one attached hydrogen (secondary N) is 1. The molecule has 14 heteroatoms. The number of oxime groups is 1. The van der Waals surface area contributed by atoms with Crippen LogP contribution in [0.25, 0.3) is 0 Å². The van der Waals surface area contributed by atoms with Crippen LogP contribution in [0, 0.1) is 0 Å². The predicted octanol–water partition coefficient (Wildman–Crippen LogP) is -1.16. The van der Waals surface area contributed by atoms with Gasteiger partial charge >= 0.3 is 29.6 Å². The van der Waals surface area contributed by atoms with E-state index in [2.05, 4.69) is 15.5 Å². The number of amides is 2. The van der Waals surface area contributed by atoms with Gasteiger partial charge in [-0.05, 0) is 5.57 Å². The van der Waals surface area contributed by atoms with E-state index in [1.54, 1.807) is 5.38 Å². The molecule has 0 radical (unpaired) electrons. The number of carbonyl (C=O) groups excluding carboxylic acids is 3. The number of carboxylic acid groups (broad SMARTS) is 1. The Labute approximate surface area is 294 Å². The van der Waals surface area contributed by atoms with Crippen molar-refractivity contribution in [2.45, 2.75) is 17.0 Å². The number of thioether (sulfide) groups is 1. The zero-order valence-electron chi connectivity index (χ0n) is 24.5. The van der Waals surface area contributed by atoms with E-state index in [0.29, 0.717) is 0 Å². The van der Waals surface area contributed by atoms with Gasteiger partial charge in [0.1, 0.15) is 17.1 Å². The topological polar surface area (TPSA) is 170 Å². The molecule has 228 valence electrons. The van der Waals surface area contributed by atoms with Gasteiger partial charge in [0.05, 0.1) is 18.3 Å². The van der Waals surface area contributed by atoms with Gasteiger partial charge in [-0.25, -0.2) is 4.98 Å². The summed E-state index contributed by atoms with van der Waals surface area (Å²) in [6, 6.07) is 27.3. The minimum absolute atomic E-state index is 0. The largest absolute Gasteiger partial charge is 1.00 e. The molecule has 4 aromatic rings. The average molecular weight is 664 g/mol. The van der Waals surface area contributed by atoms with Gasteiger partial charge in [-0.1, -0.05) is 96.2 Å². The molecule has 1 aromatic heterocycles. The van der Waals surface area contributed by atoms with Gasteiger partial charge in [0.25, 0.3) is 11.8 Å². The molecule has 2 amide bonds. The molecule has 2 aliphatic rings. The molecule has 2 aliphatic heterocycles. The minimum Gasteiger partial charge on any atom is -0.543 e. The van der Waals surface area contributed by atoms with Crippen molar-refractivity contribution in [3.05, 3.63) is 130 Å². The molecule has 1 saturated heterocycles. The van der Waals surface area contributed by atoms with Crippen molar-refractivity contribution in [2.24, 2.45) is 5.16 Å². The number of thiazole rings is 1. The number of β-lactam (4-membered cyclic amide) rings is 1. The fraction of sp³-hybridized carbons (Fsp3) is 0.156. The maximum Gasteiger partial charge on any atom is 1.00 e. The van der Waals surface area contributed by atoms with Crippen molar-refractivity contribution in [3.8, 4) is 0 Å². The van der Waals surface area contributed by atoms with Crippen LogP contribution in [-0.2, 0) is 24.8 Å². The number of carboxylic acids is 1. The maximum atomic E-state index is 13.9. The zero-order valence-corrected chi connectivity index (χ0v) is 28.2. The molecular weight excluding hydrogens is 638 g/mol. The Hall–Kier alpha value is -3.98. The quantitative estimate of drug-likeness (QED) is 0.0623. The van der Waals surface area contributed by atoms with Crippen molar-refractivity contribution >= 4 is 51.7 Å². The number of aliphatic hydroxyl groups is 1. The Balaban J connectivity index is 0.00000417. The molecule has 3 aromatic carbocycles. The first-order chi connectivity index (χ1) is 21.8. The van der Waals surface area contributed by atoms with Crippen molar-refractivity contribution in [2.75, 3.05) is 18.1 Å². The molecule has 3 heterocycles. The van der Waals surface area contributed by atoms with E-state index >= 15 is 0 Å². The van der Waals surface area contributed by atoms with Crippen LogP contribution in [0.5, 0.6) is 0 Å². The smallest absolute Gasteiger partial charge is 0.543 e. The van der Waals surface area contributed by atoms with Crippen molar-refractivity contribution in [3.63, 3.8) is 0 Å². The van der Waals surface area contributed by atoms with Crippen molar-refractivity contribution in [1.82, 2.24) is 15.2 Å². The molecule has 11 nitrogen and oxygen atoms in total. The van der Waals surface area contributed by atoms with Crippen LogP contribution in [0.3, 0.4) is 0 Å². The van der Waals surface area contributed by atoms with Gasteiger partial charge in [0, 0.05) is 27.8 Å². The first-order valence-electron chi connectivity index (χ1n) is 13.8. The SMILES string of the molecule is Nc1nc(/C(=N/OC(c2ccccc2)(c2ccccc2)c2ccccc2)C(=O)N[C@@H]2C(=O)N3C(C(=O)[O-])=C(CO)CS[C@H]23)cs1.[Na+]. The normalized spacial score (nSPS) is 17.8. The second kappa shape index (κ2) is 14.2. The maximum absolute atomic E-state index is 13.9. The average Bonchev–Trinajstić information content (AvgIpc) is 3.51. The van der Waals surface area contributed by atoms with E-state index in [4.69, 9.17) is 10.6 Å². The summed E-state index contributed by atoms with van der Waals surface area (Å²) in [4.78, 5) is 50.6. The van der Waals surface area contributed by atoms with Crippen LogP contribution >= 0.6 is 23.1 Å². The third-order valence-electron chi connectivity index (χ3n) is 7.51. The van der Waals surface area contributed by atoms with E-state index in [0.717, 1.165) is 32.9 Å². The number of aliphatic carboxylic acids is 1. The van der Waals surface area contributed by atoms with Crippen LogP contribution in [0.1, 0.15) is 22.4 Å². The molecule has 6 rings (SSSR count). The summed E-state index contributed by atoms with van der Waals surface area (Å²) >= 11 is 2.32. The van der Waals surface area contributed by atoms with Crippen molar-refractivity contribution < 1.29 is 59.0 Å². The monoisotopic (exact) mass is 663 g/mol. The Morgan fingerprint density at radius 3 is 2.02 bits per heavy atom. The number of anilines is 1. The number of rotatable bonds is 10. The summed E-state index contributed by atoms with van der Waals surface area (Å²) in [5, 5.41) is 29.5. The Morgan fingerprint density at radius 1 is 1.02 bits per heavy atom. The van der Waals surface area contributed by atoms with E-state index in [9.17, 15) is 24.6 Å². The second-order valence-electron chi connectivity index (χ2n) is 10.1. The number of nitrogen functional groups attached to an aromatic ring is 1. The molecule has 46 heavy (non-hydrogen) atoms. The summed E-state index contributed by atoms with van der Waals surface area (Å²) in [7, 11) is 0. The first kappa shape index (κ1) is 33.4. The van der Waals surface area contributed by atoms with Crippen LogP contribution < -0.4 is 45.7 Å². The molecule has 0 saturated carbocycles. The summed E-state index contributed by atoms with van der Waals surface area (Å²) < 4.78 is 0. The Kier molecular flexibility index (Phi) is 10.3. The van der Waals surface area contributed by atoms with Gasteiger partial charge < -0.3 is 30.9 Å². The number of fused-ring (bicyclic) bond motifs is 1. The van der Waals surface area contributed by atoms with Gasteiger partial charge in [-0.3, -0.25) is 14.5 Å². The number of carbonyl (C=O) groups is 3. The van der Waals surface area contributed by atoms with Gasteiger partial charge in [-0.15, -0.1) is 23.1 Å². The number of hydrogen-bond donors (Lipinski definition) is 3. The van der Waals surface area contributed by atoms with Crippen LogP contribution in [0.2, 0.25) is 0 Å². The first-order valence-corrected chi connectivity index (χ1v) is 15.7. The van der Waals surface area contributed by atoms with Gasteiger partial charge in [0.2, 0.25) is 5.60 Å². The third kappa shape index (κ3) is 6.09. The number of nitrogens with two attached hydrogens (primary N) is 1. The molecule has 0 bridgehead atoms. The molecule has 0 spiro atoms. The summed E-state index contributed by atoms with van der Waals surface area (Å²) in [5.74, 6) is -2.85. The Morgan fingerprint density at radius 2 is 1.57 bits per heavy atom. The van der Waals surface area contributed by atoms with Crippen LogP contribution in [-0.4, -0.2) is 62.3 Å². The Bertz CT molecular complexity index is 1710. The van der Waals surface area contributed by atoms with Gasteiger partial charge in [-0.2, -0.15) is 0 Å². The van der Waals surface area contributed by atoms with Gasteiger partial charge in [0.15, 0.2) is 10.8 Å². The van der Waals surface area contributed by atoms with E-state index in [1.165, 1.54) is 11.8 Å². The van der Waals surface area contributed by atoms with E-state index in [1.807, 2.05) is 91.0 Å². The fourth-order valence-corrected chi connectivity index (χ4v) is 7.28. The molecule has 0 unspecified atom stereocenters. The van der Waals surface area contributed by atoms with Crippen LogP contribution in [0.4, 0.5) is 5.13 Å². The zero-order chi connectivity index (χ0) is 31.6. The number of hydrogen-bond acceptors (Lipinski definition) is 11. The standard InChI is InChI=1S/C32H27N5O6S2.Na/c33-31-34-23(18-45-31)24(27(39)35-25-28(40)37-26(30(41)42)19(16-38)17-44-29(25)37)36-43-32(20-10-4-1-5-11-20,21-12-6-2-7-13-21)22-14-8-3-9-15-22;/h1-15,18,25,29,38H,16-17H2,(H2,33,34)(H,35,39)(H,41,42);/q;+1/p-1/b36-24-;/t25-,29-;/m1./s1. The van der Waals surface area contributed by atoms with E-state index < -0.39 is 41.4 Å². The molecule has 1 fully saturated rings. The molecular formula is C32H26N5NaO6S2. The summed E-state index contributed by atoms with van der Waals surface area (Å²) in [5.41, 5.74) is 6.55. The molecule has 4 N–H and O–H groups in total. The summed E-state index contributed by atoms with van der Waals surface area (Å²) in [6.07, 6.45) is 0. The van der Waals surface area contributed by atoms with E-state index in [-0.39, 0.29) is 63.1 Å². The number of nitrogens with zero attached hydrogens (tertiary/aromatic N) is 3. The third-order valence-corrected chi connectivity index (χ3v) is 9.53. The number of benzene rings is 3. The summed E-state index contributed by atoms with van der Waals surface area (Å²) in [6.45, 7) is -0.533. The minimum atomic E-state index is -1.57. The predicted molar refractivity (Wildman–Crippen MR) is 167 cm³/mol. The fourth-order valence-electron chi connectivity index (χ4n) is 5.39. The number of aromatic nitrogens is 1. The molecule has 0 aliphatic carbocycles.